The van der Waals surface area contributed by atoms with Crippen LogP contribution in [-0.2, 0) is 10.0 Å². The molecule has 2 saturated carbocycles. The lowest BCUT2D eigenvalue weighted by atomic mass is 10.1. The van der Waals surface area contributed by atoms with Crippen molar-refractivity contribution in [1.82, 2.24) is 45.3 Å². The van der Waals surface area contributed by atoms with E-state index in [1.54, 1.807) is 29.8 Å². The zero-order chi connectivity index (χ0) is 36.6. The molecule has 0 unspecified atom stereocenters. The molecule has 0 radical (unpaired) electrons. The Labute approximate surface area is 313 Å². The van der Waals surface area contributed by atoms with E-state index in [1.165, 1.54) is 36.6 Å². The van der Waals surface area contributed by atoms with Gasteiger partial charge >= 0.3 is 0 Å². The van der Waals surface area contributed by atoms with Crippen LogP contribution in [0.4, 0.5) is 23.3 Å². The lowest BCUT2D eigenvalue weighted by Gasteiger charge is -2.07. The molecule has 6 aromatic rings. The predicted octanol–water partition coefficient (Wildman–Crippen LogP) is 8.26. The molecule has 0 bridgehead atoms. The van der Waals surface area contributed by atoms with E-state index in [1.807, 2.05) is 38.1 Å². The number of anilines is 4. The van der Waals surface area contributed by atoms with Crippen molar-refractivity contribution in [1.29, 1.82) is 0 Å². The smallest absolute Gasteiger partial charge is 0.247 e. The molecule has 0 atom stereocenters. The number of sulfonamides is 1. The molecule has 0 spiro atoms. The van der Waals surface area contributed by atoms with Gasteiger partial charge in [0.15, 0.2) is 34.1 Å². The quantitative estimate of drug-likeness (QED) is 0.0846. The van der Waals surface area contributed by atoms with Gasteiger partial charge in [0, 0.05) is 52.0 Å². The van der Waals surface area contributed by atoms with E-state index in [2.05, 4.69) is 69.8 Å². The molecule has 0 aliphatic heterocycles. The first-order valence-corrected chi connectivity index (χ1v) is 20.3. The summed E-state index contributed by atoms with van der Waals surface area (Å²) >= 11 is 8.93. The Hall–Kier alpha value is -4.55. The highest BCUT2D eigenvalue weighted by Gasteiger charge is 2.27. The van der Waals surface area contributed by atoms with Crippen LogP contribution >= 0.6 is 34.3 Å². The zero-order valence-corrected chi connectivity index (χ0v) is 32.0. The Bertz CT molecular complexity index is 2350. The summed E-state index contributed by atoms with van der Waals surface area (Å²) in [6, 6.07) is 7.11. The maximum absolute atomic E-state index is 11.5. The lowest BCUT2D eigenvalue weighted by Crippen LogP contribution is -2.09. The highest BCUT2D eigenvalue weighted by Crippen LogP contribution is 2.41. The summed E-state index contributed by atoms with van der Waals surface area (Å²) in [5, 5.41) is 27.6. The van der Waals surface area contributed by atoms with Crippen molar-refractivity contribution >= 4 is 73.6 Å². The number of aromatic amines is 2. The number of primary sulfonamides is 1. The number of thiophene rings is 1. The van der Waals surface area contributed by atoms with Gasteiger partial charge < -0.3 is 10.6 Å². The monoisotopic (exact) mass is 776 g/mol. The van der Waals surface area contributed by atoms with Gasteiger partial charge in [-0.3, -0.25) is 10.2 Å². The van der Waals surface area contributed by atoms with Crippen LogP contribution in [0.25, 0.3) is 27.6 Å². The number of aryl methyl sites for hydroxylation is 1. The molecule has 6 aromatic heterocycles. The first-order chi connectivity index (χ1) is 24.9. The molecule has 2 aliphatic rings. The molecule has 0 saturated heterocycles. The largest absolute Gasteiger partial charge is 0.323 e. The number of rotatable bonds is 11. The molecule has 6 heterocycles. The van der Waals surface area contributed by atoms with Crippen molar-refractivity contribution in [3.05, 3.63) is 75.3 Å². The van der Waals surface area contributed by atoms with Crippen molar-refractivity contribution in [3.63, 3.8) is 0 Å². The topological polar surface area (TPSA) is 206 Å². The summed E-state index contributed by atoms with van der Waals surface area (Å²) in [6.07, 6.45) is 11.9. The molecular weight excluding hydrogens is 740 g/mol. The highest BCUT2D eigenvalue weighted by molar-refractivity contribution is 7.91. The molecule has 6 N–H and O–H groups in total. The predicted molar refractivity (Wildman–Crippen MR) is 206 cm³/mol. The average Bonchev–Trinajstić information content (AvgIpc) is 3.90. The van der Waals surface area contributed by atoms with Crippen LogP contribution in [0.3, 0.4) is 0 Å². The summed E-state index contributed by atoms with van der Waals surface area (Å²) in [5.74, 6) is 5.15. The van der Waals surface area contributed by atoms with E-state index in [4.69, 9.17) is 16.7 Å². The van der Waals surface area contributed by atoms with Gasteiger partial charge in [0.05, 0.1) is 16.8 Å². The number of halogens is 1. The van der Waals surface area contributed by atoms with Gasteiger partial charge in [-0.05, 0) is 57.6 Å². The standard InChI is InChI=1S/C17H19ClN6S.C17H18N6O2S2/c1-8(2)14-9(3)20-17(25-14)16-19-7-11(18)15(22-16)21-13-6-12(23-24-13)10-4-5-10;1-2-3-11-9-19-17(13-6-7-15(26-13)27(18,24)25)21-16(11)20-14-8-12(22-23-14)10-4-5-10/h6-8,10H,4-5H2,1-3H3,(H2,19,21,22,23,24);2-3,6-10H,4-5H2,1H3,(H2,18,24,25)(H2,19,20,21,22,23)/b;3-2+. The van der Waals surface area contributed by atoms with Gasteiger partial charge in [-0.15, -0.1) is 22.7 Å². The van der Waals surface area contributed by atoms with Crippen LogP contribution in [-0.4, -0.2) is 53.7 Å². The van der Waals surface area contributed by atoms with Crippen LogP contribution < -0.4 is 15.8 Å². The van der Waals surface area contributed by atoms with Crippen LogP contribution in [0.2, 0.25) is 5.02 Å². The van der Waals surface area contributed by atoms with E-state index in [-0.39, 0.29) is 4.21 Å². The fraction of sp³-hybridized carbons (Fsp3) is 0.324. The van der Waals surface area contributed by atoms with Gasteiger partial charge in [0.1, 0.15) is 15.0 Å². The lowest BCUT2D eigenvalue weighted by molar-refractivity contribution is 0.600. The van der Waals surface area contributed by atoms with Crippen molar-refractivity contribution < 1.29 is 8.42 Å². The number of nitrogens with two attached hydrogens (primary N) is 1. The summed E-state index contributed by atoms with van der Waals surface area (Å²) < 4.78 is 23.1. The Morgan fingerprint density at radius 3 is 2.08 bits per heavy atom. The second-order valence-corrected chi connectivity index (χ2v) is 17.2. The van der Waals surface area contributed by atoms with E-state index < -0.39 is 10.0 Å². The summed E-state index contributed by atoms with van der Waals surface area (Å²) in [6.45, 7) is 8.26. The normalized spacial score (nSPS) is 14.5. The maximum Gasteiger partial charge on any atom is 0.247 e. The van der Waals surface area contributed by atoms with Crippen LogP contribution in [0.5, 0.6) is 0 Å². The fourth-order valence-corrected chi connectivity index (χ4v) is 8.17. The van der Waals surface area contributed by atoms with Gasteiger partial charge in [0.2, 0.25) is 10.0 Å². The van der Waals surface area contributed by atoms with Gasteiger partial charge in [-0.25, -0.2) is 38.5 Å². The number of allylic oxidation sites excluding steroid dienone is 1. The number of hydrogen-bond donors (Lipinski definition) is 5. The van der Waals surface area contributed by atoms with E-state index >= 15 is 0 Å². The van der Waals surface area contributed by atoms with Gasteiger partial charge in [-0.1, -0.05) is 37.6 Å². The second kappa shape index (κ2) is 14.8. The summed E-state index contributed by atoms with van der Waals surface area (Å²) in [4.78, 5) is 24.3. The minimum atomic E-state index is -3.74. The van der Waals surface area contributed by atoms with Gasteiger partial charge in [-0.2, -0.15) is 10.2 Å². The maximum atomic E-state index is 11.5. The van der Waals surface area contributed by atoms with Crippen molar-refractivity contribution in [2.24, 2.45) is 5.14 Å². The van der Waals surface area contributed by atoms with E-state index in [9.17, 15) is 8.42 Å². The first-order valence-electron chi connectivity index (χ1n) is 16.7. The highest BCUT2D eigenvalue weighted by atomic mass is 35.5. The summed E-state index contributed by atoms with van der Waals surface area (Å²) in [5.41, 5.74) is 4.12. The van der Waals surface area contributed by atoms with Crippen LogP contribution in [0.1, 0.15) is 91.7 Å². The van der Waals surface area contributed by atoms with E-state index in [0.717, 1.165) is 39.0 Å². The molecule has 8 rings (SSSR count). The molecule has 2 fully saturated rings. The first kappa shape index (κ1) is 35.8. The molecule has 18 heteroatoms. The molecular formula is C34H37ClN12O2S3. The molecule has 52 heavy (non-hydrogen) atoms. The summed E-state index contributed by atoms with van der Waals surface area (Å²) in [7, 11) is -3.74. The molecule has 14 nitrogen and oxygen atoms in total. The van der Waals surface area contributed by atoms with Crippen LogP contribution in [0.15, 0.2) is 46.9 Å². The molecule has 270 valence electrons. The third-order valence-corrected chi connectivity index (χ3v) is 12.5. The van der Waals surface area contributed by atoms with E-state index in [0.29, 0.717) is 62.6 Å². The number of H-pyrrole nitrogens is 2. The number of hydrogen-bond acceptors (Lipinski definition) is 13. The molecule has 0 amide bonds. The van der Waals surface area contributed by atoms with Crippen molar-refractivity contribution in [3.8, 4) is 21.5 Å². The average molecular weight is 777 g/mol. The second-order valence-electron chi connectivity index (χ2n) is 12.9. The van der Waals surface area contributed by atoms with Gasteiger partial charge in [0.25, 0.3) is 0 Å². The minimum absolute atomic E-state index is 0.0783. The fourth-order valence-electron chi connectivity index (χ4n) is 5.35. The number of nitrogens with one attached hydrogen (secondary N) is 4. The number of thiazole rings is 1. The molecule has 2 aliphatic carbocycles. The van der Waals surface area contributed by atoms with Crippen molar-refractivity contribution in [2.45, 2.75) is 75.3 Å². The Kier molecular flexibility index (Phi) is 10.2. The third kappa shape index (κ3) is 8.39. The minimum Gasteiger partial charge on any atom is -0.323 e. The van der Waals surface area contributed by atoms with Crippen LogP contribution in [0, 0.1) is 6.92 Å². The number of nitrogens with zero attached hydrogens (tertiary/aromatic N) is 7. The Morgan fingerprint density at radius 1 is 0.904 bits per heavy atom. The Morgan fingerprint density at radius 2 is 1.52 bits per heavy atom. The third-order valence-electron chi connectivity index (χ3n) is 8.26. The molecule has 0 aromatic carbocycles. The SMILES string of the molecule is C/C=C/c1cnc(-c2ccc(S(N)(=O)=O)s2)nc1Nc1cc(C2CC2)[nH]n1.Cc1nc(-c2ncc(Cl)c(Nc3cc(C4CC4)[nH]n3)n2)sc1C(C)C. The zero-order valence-electron chi connectivity index (χ0n) is 28.8. The Balaban J connectivity index is 0.000000162. The number of aromatic nitrogens is 9. The van der Waals surface area contributed by atoms with Crippen molar-refractivity contribution in [2.75, 3.05) is 10.6 Å².